The molecule has 1 heterocycles. The van der Waals surface area contributed by atoms with Gasteiger partial charge in [-0.1, -0.05) is 11.8 Å². The normalized spacial score (nSPS) is 26.9. The van der Waals surface area contributed by atoms with Gasteiger partial charge in [-0.15, -0.1) is 0 Å². The van der Waals surface area contributed by atoms with Crippen LogP contribution in [-0.2, 0) is 0 Å². The molecule has 2 aliphatic rings. The van der Waals surface area contributed by atoms with Gasteiger partial charge >= 0.3 is 0 Å². The number of amides is 1. The fourth-order valence-electron chi connectivity index (χ4n) is 2.02. The molecule has 1 spiro atoms. The molecule has 12 heavy (non-hydrogen) atoms. The van der Waals surface area contributed by atoms with E-state index in [2.05, 4.69) is 25.7 Å². The van der Waals surface area contributed by atoms with Crippen molar-refractivity contribution < 1.29 is 4.79 Å². The van der Waals surface area contributed by atoms with Gasteiger partial charge in [0.1, 0.15) is 0 Å². The van der Waals surface area contributed by atoms with E-state index in [0.717, 1.165) is 5.75 Å². The molecule has 1 amide bonds. The fraction of sp³-hybridized carbons (Fsp3) is 0.889. The first kappa shape index (κ1) is 8.42. The summed E-state index contributed by atoms with van der Waals surface area (Å²) >= 11 is 1.49. The van der Waals surface area contributed by atoms with Gasteiger partial charge in [0.2, 0.25) is 0 Å². The summed E-state index contributed by atoms with van der Waals surface area (Å²) in [4.78, 5) is 13.7. The minimum absolute atomic E-state index is 0.0110. The van der Waals surface area contributed by atoms with Crippen LogP contribution in [-0.4, -0.2) is 27.0 Å². The van der Waals surface area contributed by atoms with Gasteiger partial charge in [0, 0.05) is 11.3 Å². The minimum Gasteiger partial charge on any atom is -0.322 e. The summed E-state index contributed by atoms with van der Waals surface area (Å²) < 4.78 is 0. The lowest BCUT2D eigenvalue weighted by atomic mass is 10.0. The van der Waals surface area contributed by atoms with Crippen molar-refractivity contribution in [1.29, 1.82) is 0 Å². The molecule has 0 aromatic heterocycles. The zero-order valence-electron chi connectivity index (χ0n) is 7.89. The molecule has 0 aromatic rings. The van der Waals surface area contributed by atoms with Gasteiger partial charge in [-0.25, -0.2) is 0 Å². The number of hydrogen-bond donors (Lipinski definition) is 0. The zero-order valence-corrected chi connectivity index (χ0v) is 8.70. The Morgan fingerprint density at radius 2 is 2.00 bits per heavy atom. The molecule has 0 N–H and O–H groups in total. The minimum atomic E-state index is 0.0110. The first-order chi connectivity index (χ1) is 5.46. The van der Waals surface area contributed by atoms with E-state index < -0.39 is 0 Å². The van der Waals surface area contributed by atoms with Gasteiger partial charge < -0.3 is 4.90 Å². The SMILES string of the molecule is CC(C)(C)N1C(=O)SCC12CC2. The van der Waals surface area contributed by atoms with Crippen LogP contribution >= 0.6 is 11.8 Å². The Bertz CT molecular complexity index is 227. The predicted octanol–water partition coefficient (Wildman–Crippen LogP) is 2.49. The Balaban J connectivity index is 2.27. The van der Waals surface area contributed by atoms with Crippen molar-refractivity contribution in [1.82, 2.24) is 4.90 Å². The summed E-state index contributed by atoms with van der Waals surface area (Å²) in [5, 5.41) is 0.278. The van der Waals surface area contributed by atoms with Gasteiger partial charge in [0.15, 0.2) is 0 Å². The number of carbonyl (C=O) groups excluding carboxylic acids is 1. The van der Waals surface area contributed by atoms with E-state index in [4.69, 9.17) is 0 Å². The molecule has 2 nitrogen and oxygen atoms in total. The zero-order chi connectivity index (χ0) is 8.98. The quantitative estimate of drug-likeness (QED) is 0.578. The molecule has 0 bridgehead atoms. The molecule has 0 aromatic carbocycles. The van der Waals surface area contributed by atoms with Gasteiger partial charge in [0.05, 0.1) is 5.54 Å². The monoisotopic (exact) mass is 185 g/mol. The molecule has 0 radical (unpaired) electrons. The number of nitrogens with zero attached hydrogens (tertiary/aromatic N) is 1. The summed E-state index contributed by atoms with van der Waals surface area (Å²) in [7, 11) is 0. The molecule has 2 fully saturated rings. The van der Waals surface area contributed by atoms with Crippen molar-refractivity contribution in [3.63, 3.8) is 0 Å². The highest BCUT2D eigenvalue weighted by Crippen LogP contribution is 2.53. The number of carbonyl (C=O) groups is 1. The highest BCUT2D eigenvalue weighted by atomic mass is 32.2. The number of thioether (sulfide) groups is 1. The highest BCUT2D eigenvalue weighted by Gasteiger charge is 2.57. The van der Waals surface area contributed by atoms with E-state index in [1.54, 1.807) is 0 Å². The average molecular weight is 185 g/mol. The summed E-state index contributed by atoms with van der Waals surface area (Å²) in [5.41, 5.74) is 0.275. The Hall–Kier alpha value is -0.180. The Morgan fingerprint density at radius 1 is 1.42 bits per heavy atom. The number of rotatable bonds is 0. The highest BCUT2D eigenvalue weighted by molar-refractivity contribution is 8.14. The van der Waals surface area contributed by atoms with Gasteiger partial charge in [-0.05, 0) is 33.6 Å². The fourth-order valence-corrected chi connectivity index (χ4v) is 3.42. The average Bonchev–Trinajstić information content (AvgIpc) is 2.53. The number of hydrogen-bond acceptors (Lipinski definition) is 2. The molecule has 0 atom stereocenters. The van der Waals surface area contributed by atoms with Crippen LogP contribution in [0, 0.1) is 0 Å². The van der Waals surface area contributed by atoms with E-state index in [0.29, 0.717) is 0 Å². The molecule has 3 heteroatoms. The second kappa shape index (κ2) is 2.19. The van der Waals surface area contributed by atoms with Crippen molar-refractivity contribution in [3.05, 3.63) is 0 Å². The Labute approximate surface area is 77.7 Å². The van der Waals surface area contributed by atoms with E-state index in [-0.39, 0.29) is 16.3 Å². The summed E-state index contributed by atoms with van der Waals surface area (Å²) in [6.45, 7) is 6.37. The van der Waals surface area contributed by atoms with Crippen LogP contribution in [0.5, 0.6) is 0 Å². The molecule has 1 aliphatic carbocycles. The third-order valence-electron chi connectivity index (χ3n) is 2.62. The third-order valence-corrected chi connectivity index (χ3v) is 3.73. The smallest absolute Gasteiger partial charge is 0.282 e. The molecule has 2 rings (SSSR count). The maximum atomic E-state index is 11.6. The van der Waals surface area contributed by atoms with Gasteiger partial charge in [-0.2, -0.15) is 0 Å². The maximum absolute atomic E-state index is 11.6. The molecule has 1 aliphatic heterocycles. The molecular weight excluding hydrogens is 170 g/mol. The Morgan fingerprint density at radius 3 is 2.33 bits per heavy atom. The van der Waals surface area contributed by atoms with E-state index in [9.17, 15) is 4.79 Å². The van der Waals surface area contributed by atoms with Crippen molar-refractivity contribution in [2.45, 2.75) is 44.7 Å². The van der Waals surface area contributed by atoms with Crippen LogP contribution in [0.15, 0.2) is 0 Å². The molecule has 1 saturated heterocycles. The summed E-state index contributed by atoms with van der Waals surface area (Å²) in [5.74, 6) is 1.02. The lowest BCUT2D eigenvalue weighted by Crippen LogP contribution is -2.48. The lowest BCUT2D eigenvalue weighted by molar-refractivity contribution is 0.133. The van der Waals surface area contributed by atoms with Crippen LogP contribution in [0.2, 0.25) is 0 Å². The molecule has 1 saturated carbocycles. The topological polar surface area (TPSA) is 20.3 Å². The van der Waals surface area contributed by atoms with Gasteiger partial charge in [0.25, 0.3) is 5.24 Å². The van der Waals surface area contributed by atoms with Crippen LogP contribution in [0.4, 0.5) is 4.79 Å². The van der Waals surface area contributed by atoms with Gasteiger partial charge in [-0.3, -0.25) is 4.79 Å². The van der Waals surface area contributed by atoms with Crippen molar-refractivity contribution in [2.24, 2.45) is 0 Å². The first-order valence-corrected chi connectivity index (χ1v) is 5.41. The van der Waals surface area contributed by atoms with E-state index in [1.807, 2.05) is 0 Å². The van der Waals surface area contributed by atoms with Crippen LogP contribution in [0.1, 0.15) is 33.6 Å². The first-order valence-electron chi connectivity index (χ1n) is 4.43. The maximum Gasteiger partial charge on any atom is 0.282 e. The summed E-state index contributed by atoms with van der Waals surface area (Å²) in [6.07, 6.45) is 2.42. The van der Waals surface area contributed by atoms with Crippen molar-refractivity contribution in [3.8, 4) is 0 Å². The van der Waals surface area contributed by atoms with Crippen LogP contribution < -0.4 is 0 Å². The predicted molar refractivity (Wildman–Crippen MR) is 51.4 cm³/mol. The van der Waals surface area contributed by atoms with E-state index >= 15 is 0 Å². The van der Waals surface area contributed by atoms with Crippen molar-refractivity contribution in [2.75, 3.05) is 5.75 Å². The molecule has 0 unspecified atom stereocenters. The lowest BCUT2D eigenvalue weighted by Gasteiger charge is -2.36. The van der Waals surface area contributed by atoms with Crippen LogP contribution in [0.3, 0.4) is 0 Å². The van der Waals surface area contributed by atoms with Crippen molar-refractivity contribution >= 4 is 17.0 Å². The van der Waals surface area contributed by atoms with Crippen LogP contribution in [0.25, 0.3) is 0 Å². The largest absolute Gasteiger partial charge is 0.322 e. The summed E-state index contributed by atoms with van der Waals surface area (Å²) in [6, 6.07) is 0. The van der Waals surface area contributed by atoms with E-state index in [1.165, 1.54) is 24.6 Å². The Kier molecular flexibility index (Phi) is 1.54. The second-order valence-corrected chi connectivity index (χ2v) is 5.71. The third kappa shape index (κ3) is 1.06. The standard InChI is InChI=1S/C9H15NOS/c1-8(2,3)10-7(11)12-6-9(10)4-5-9/h4-6H2,1-3H3. The second-order valence-electron chi connectivity index (χ2n) is 4.79. The molecule has 68 valence electrons. The molecular formula is C9H15NOS.